The molecule has 29 heavy (non-hydrogen) atoms. The van der Waals surface area contributed by atoms with Crippen LogP contribution in [-0.2, 0) is 6.54 Å². The predicted molar refractivity (Wildman–Crippen MR) is 111 cm³/mol. The van der Waals surface area contributed by atoms with E-state index in [0.717, 1.165) is 27.3 Å². The van der Waals surface area contributed by atoms with E-state index in [4.69, 9.17) is 9.52 Å². The van der Waals surface area contributed by atoms with Gasteiger partial charge in [-0.25, -0.2) is 9.78 Å². The lowest BCUT2D eigenvalue weighted by atomic mass is 10.0. The summed E-state index contributed by atoms with van der Waals surface area (Å²) >= 11 is 1.57. The van der Waals surface area contributed by atoms with Crippen molar-refractivity contribution in [2.75, 3.05) is 5.32 Å². The zero-order valence-corrected chi connectivity index (χ0v) is 15.9. The third-order valence-corrected chi connectivity index (χ3v) is 5.29. The second kappa shape index (κ2) is 8.00. The zero-order chi connectivity index (χ0) is 20.2. The molecule has 2 N–H and O–H groups in total. The van der Waals surface area contributed by atoms with Gasteiger partial charge in [0.1, 0.15) is 17.5 Å². The Morgan fingerprint density at radius 2 is 2.07 bits per heavy atom. The molecule has 4 rings (SSSR count). The summed E-state index contributed by atoms with van der Waals surface area (Å²) in [6.45, 7) is 0.403. The number of rotatable bonds is 6. The second-order valence-electron chi connectivity index (χ2n) is 6.24. The van der Waals surface area contributed by atoms with Gasteiger partial charge in [0, 0.05) is 17.7 Å². The summed E-state index contributed by atoms with van der Waals surface area (Å²) in [5.41, 5.74) is 3.84. The summed E-state index contributed by atoms with van der Waals surface area (Å²) in [5.74, 6) is -0.497. The Bertz CT molecular complexity index is 1180. The minimum atomic E-state index is -0.966. The van der Waals surface area contributed by atoms with Gasteiger partial charge in [0.15, 0.2) is 0 Å². The average molecular weight is 401 g/mol. The van der Waals surface area contributed by atoms with Crippen LogP contribution in [0.3, 0.4) is 0 Å². The summed E-state index contributed by atoms with van der Waals surface area (Å²) in [6, 6.07) is 16.5. The largest absolute Gasteiger partial charge is 0.478 e. The number of carboxylic acids is 1. The number of benzene rings is 1. The molecule has 0 amide bonds. The summed E-state index contributed by atoms with van der Waals surface area (Å²) in [5, 5.41) is 24.0. The lowest BCUT2D eigenvalue weighted by Gasteiger charge is -2.13. The van der Waals surface area contributed by atoms with Crippen molar-refractivity contribution in [2.24, 2.45) is 0 Å². The minimum absolute atomic E-state index is 0.228. The van der Waals surface area contributed by atoms with Crippen LogP contribution < -0.4 is 5.32 Å². The number of carboxylic acid groups (broad SMARTS) is 1. The van der Waals surface area contributed by atoms with E-state index in [9.17, 15) is 10.1 Å². The molecule has 0 aliphatic carbocycles. The number of hydrogen-bond donors (Lipinski definition) is 2. The molecular formula is C22H15N3O3S. The average Bonchev–Trinajstić information content (AvgIpc) is 3.46. The third kappa shape index (κ3) is 3.88. The maximum absolute atomic E-state index is 11.0. The second-order valence-corrected chi connectivity index (χ2v) is 7.18. The molecule has 1 aromatic carbocycles. The van der Waals surface area contributed by atoms with Crippen molar-refractivity contribution in [2.45, 2.75) is 6.54 Å². The first-order chi connectivity index (χ1) is 14.2. The molecule has 0 saturated carbocycles. The van der Waals surface area contributed by atoms with Gasteiger partial charge in [0.2, 0.25) is 0 Å². The Kier molecular flexibility index (Phi) is 5.10. The molecule has 3 aromatic heterocycles. The highest BCUT2D eigenvalue weighted by molar-refractivity contribution is 7.13. The molecule has 0 spiro atoms. The Hall–Kier alpha value is -3.89. The van der Waals surface area contributed by atoms with Crippen molar-refractivity contribution < 1.29 is 14.3 Å². The molecule has 0 aliphatic heterocycles. The molecule has 0 bridgehead atoms. The van der Waals surface area contributed by atoms with Crippen LogP contribution in [0.5, 0.6) is 0 Å². The van der Waals surface area contributed by atoms with Crippen molar-refractivity contribution >= 4 is 23.1 Å². The minimum Gasteiger partial charge on any atom is -0.478 e. The standard InChI is InChI=1S/C22H15N3O3S/c23-11-18-17(16-7-8-28-13-16)10-19(20-2-1-9-29-20)25-21(18)24-12-14-3-5-15(6-4-14)22(26)27/h1-10,13H,12H2,(H,24,25)(H,26,27). The SMILES string of the molecule is N#Cc1c(-c2ccoc2)cc(-c2cccs2)nc1NCc1ccc(C(=O)O)cc1. The highest BCUT2D eigenvalue weighted by atomic mass is 32.1. The number of carbonyl (C=O) groups is 1. The molecule has 0 atom stereocenters. The van der Waals surface area contributed by atoms with E-state index in [0.29, 0.717) is 17.9 Å². The van der Waals surface area contributed by atoms with Gasteiger partial charge in [-0.2, -0.15) is 5.26 Å². The fraction of sp³-hybridized carbons (Fsp3) is 0.0455. The van der Waals surface area contributed by atoms with Crippen LogP contribution in [0.1, 0.15) is 21.5 Å². The van der Waals surface area contributed by atoms with E-state index in [1.54, 1.807) is 48.1 Å². The van der Waals surface area contributed by atoms with Crippen molar-refractivity contribution in [3.05, 3.63) is 83.1 Å². The lowest BCUT2D eigenvalue weighted by Crippen LogP contribution is -2.06. The summed E-state index contributed by atoms with van der Waals surface area (Å²) < 4.78 is 5.20. The highest BCUT2D eigenvalue weighted by Gasteiger charge is 2.16. The maximum atomic E-state index is 11.0. The number of aromatic nitrogens is 1. The number of nitriles is 1. The molecule has 7 heteroatoms. The first-order valence-electron chi connectivity index (χ1n) is 8.73. The molecule has 3 heterocycles. The van der Waals surface area contributed by atoms with Crippen molar-refractivity contribution in [3.8, 4) is 27.8 Å². The number of pyridine rings is 1. The van der Waals surface area contributed by atoms with Crippen molar-refractivity contribution in [1.29, 1.82) is 5.26 Å². The Morgan fingerprint density at radius 3 is 2.69 bits per heavy atom. The fourth-order valence-electron chi connectivity index (χ4n) is 2.93. The van der Waals surface area contributed by atoms with Crippen LogP contribution in [0.4, 0.5) is 5.82 Å². The number of nitrogens with one attached hydrogen (secondary N) is 1. The van der Waals surface area contributed by atoms with Crippen LogP contribution in [0.15, 0.2) is 70.9 Å². The maximum Gasteiger partial charge on any atom is 0.335 e. The van der Waals surface area contributed by atoms with Crippen LogP contribution >= 0.6 is 11.3 Å². The topological polar surface area (TPSA) is 99.2 Å². The molecule has 142 valence electrons. The van der Waals surface area contributed by atoms with Gasteiger partial charge in [-0.05, 0) is 41.3 Å². The smallest absolute Gasteiger partial charge is 0.335 e. The van der Waals surface area contributed by atoms with E-state index in [1.807, 2.05) is 29.6 Å². The molecule has 6 nitrogen and oxygen atoms in total. The summed E-state index contributed by atoms with van der Waals surface area (Å²) in [6.07, 6.45) is 3.17. The van der Waals surface area contributed by atoms with E-state index in [2.05, 4.69) is 16.4 Å². The Labute approximate surface area is 170 Å². The number of anilines is 1. The van der Waals surface area contributed by atoms with Crippen LogP contribution in [0.25, 0.3) is 21.7 Å². The van der Waals surface area contributed by atoms with E-state index in [1.165, 1.54) is 0 Å². The summed E-state index contributed by atoms with van der Waals surface area (Å²) in [7, 11) is 0. The van der Waals surface area contributed by atoms with Crippen molar-refractivity contribution in [1.82, 2.24) is 4.98 Å². The van der Waals surface area contributed by atoms with Gasteiger partial charge in [-0.15, -0.1) is 11.3 Å². The zero-order valence-electron chi connectivity index (χ0n) is 15.1. The number of aromatic carboxylic acids is 1. The monoisotopic (exact) mass is 401 g/mol. The number of hydrogen-bond acceptors (Lipinski definition) is 6. The fourth-order valence-corrected chi connectivity index (χ4v) is 3.62. The quantitative estimate of drug-likeness (QED) is 0.458. The van der Waals surface area contributed by atoms with E-state index in [-0.39, 0.29) is 5.56 Å². The third-order valence-electron chi connectivity index (χ3n) is 4.40. The molecule has 4 aromatic rings. The van der Waals surface area contributed by atoms with Gasteiger partial charge < -0.3 is 14.8 Å². The van der Waals surface area contributed by atoms with E-state index >= 15 is 0 Å². The molecule has 0 unspecified atom stereocenters. The normalized spacial score (nSPS) is 10.4. The molecule has 0 fully saturated rings. The van der Waals surface area contributed by atoms with Crippen LogP contribution in [-0.4, -0.2) is 16.1 Å². The van der Waals surface area contributed by atoms with Gasteiger partial charge in [0.25, 0.3) is 0 Å². The van der Waals surface area contributed by atoms with Gasteiger partial charge in [0.05, 0.1) is 28.7 Å². The molecule has 0 saturated heterocycles. The lowest BCUT2D eigenvalue weighted by molar-refractivity contribution is 0.0697. The molecule has 0 aliphatic rings. The van der Waals surface area contributed by atoms with Gasteiger partial charge in [-0.1, -0.05) is 18.2 Å². The van der Waals surface area contributed by atoms with Crippen molar-refractivity contribution in [3.63, 3.8) is 0 Å². The van der Waals surface area contributed by atoms with E-state index < -0.39 is 5.97 Å². The summed E-state index contributed by atoms with van der Waals surface area (Å²) in [4.78, 5) is 16.7. The van der Waals surface area contributed by atoms with Crippen LogP contribution in [0.2, 0.25) is 0 Å². The first-order valence-corrected chi connectivity index (χ1v) is 9.61. The Morgan fingerprint density at radius 1 is 1.24 bits per heavy atom. The van der Waals surface area contributed by atoms with Gasteiger partial charge >= 0.3 is 5.97 Å². The van der Waals surface area contributed by atoms with Crippen LogP contribution in [0, 0.1) is 11.3 Å². The molecule has 0 radical (unpaired) electrons. The highest BCUT2D eigenvalue weighted by Crippen LogP contribution is 2.34. The number of furan rings is 1. The van der Waals surface area contributed by atoms with Gasteiger partial charge in [-0.3, -0.25) is 0 Å². The number of nitrogens with zero attached hydrogens (tertiary/aromatic N) is 2. The Balaban J connectivity index is 1.71. The first kappa shape index (κ1) is 18.5. The molecular weight excluding hydrogens is 386 g/mol. The predicted octanol–water partition coefficient (Wildman–Crippen LogP) is 5.25. The number of thiophene rings is 1.